The number of hydrogen-bond acceptors (Lipinski definition) is 6. The molecule has 1 aliphatic rings. The lowest BCUT2D eigenvalue weighted by Gasteiger charge is -2.29. The molecule has 1 aromatic heterocycles. The van der Waals surface area contributed by atoms with Crippen LogP contribution in [0, 0.1) is 11.3 Å². The molecule has 27 heavy (non-hydrogen) atoms. The van der Waals surface area contributed by atoms with E-state index in [4.69, 9.17) is 14.7 Å². The molecule has 2 aromatic rings. The predicted molar refractivity (Wildman–Crippen MR) is 106 cm³/mol. The molecule has 0 radical (unpaired) electrons. The Morgan fingerprint density at radius 2 is 2.11 bits per heavy atom. The fourth-order valence-electron chi connectivity index (χ4n) is 3.06. The SMILES string of the molecule is C=S=C(N[C@H]1CC[C@H](Oc2ccc(C#N)c(OC)c2)CC1)c1nccnn1. The number of nitrogens with zero attached hydrogens (tertiary/aromatic N) is 4. The molecule has 8 heteroatoms. The van der Waals surface area contributed by atoms with Crippen LogP contribution in [0.2, 0.25) is 0 Å². The van der Waals surface area contributed by atoms with Crippen LogP contribution in [0.4, 0.5) is 0 Å². The van der Waals surface area contributed by atoms with Crippen molar-refractivity contribution in [1.29, 1.82) is 5.26 Å². The summed E-state index contributed by atoms with van der Waals surface area (Å²) in [6.07, 6.45) is 7.13. The Hall–Kier alpha value is -2.76. The van der Waals surface area contributed by atoms with Crippen molar-refractivity contribution in [3.8, 4) is 17.6 Å². The van der Waals surface area contributed by atoms with Gasteiger partial charge in [-0.2, -0.15) is 10.4 Å². The van der Waals surface area contributed by atoms with Gasteiger partial charge in [0, 0.05) is 18.3 Å². The van der Waals surface area contributed by atoms with E-state index in [1.165, 1.54) is 10.9 Å². The van der Waals surface area contributed by atoms with Gasteiger partial charge in [-0.15, -0.1) is 16.0 Å². The first kappa shape index (κ1) is 19.0. The molecular weight excluding hydrogens is 362 g/mol. The summed E-state index contributed by atoms with van der Waals surface area (Å²) < 4.78 is 11.3. The molecule has 1 heterocycles. The first-order chi connectivity index (χ1) is 13.2. The quantitative estimate of drug-likeness (QED) is 0.792. The number of rotatable bonds is 5. The zero-order chi connectivity index (χ0) is 19.1. The molecular formula is C19H21N5O2S. The van der Waals surface area contributed by atoms with E-state index < -0.39 is 0 Å². The Morgan fingerprint density at radius 3 is 2.74 bits per heavy atom. The smallest absolute Gasteiger partial charge is 0.202 e. The number of methoxy groups -OCH3 is 1. The fraction of sp³-hybridized carbons (Fsp3) is 0.368. The normalized spacial score (nSPS) is 19.0. The highest BCUT2D eigenvalue weighted by Gasteiger charge is 2.24. The fourth-order valence-corrected chi connectivity index (χ4v) is 3.54. The minimum atomic E-state index is 0.145. The number of nitriles is 1. The Bertz CT molecular complexity index is 869. The Balaban J connectivity index is 1.55. The first-order valence-corrected chi connectivity index (χ1v) is 9.66. The van der Waals surface area contributed by atoms with Crippen molar-refractivity contribution in [2.45, 2.75) is 37.8 Å². The van der Waals surface area contributed by atoms with Crippen molar-refractivity contribution >= 4 is 21.8 Å². The molecule has 0 saturated heterocycles. The summed E-state index contributed by atoms with van der Waals surface area (Å²) in [5.41, 5.74) is 0.504. The van der Waals surface area contributed by atoms with Crippen molar-refractivity contribution < 1.29 is 9.47 Å². The topological polar surface area (TPSA) is 93.0 Å². The number of benzene rings is 1. The summed E-state index contributed by atoms with van der Waals surface area (Å²) in [6.45, 7) is 0. The molecule has 7 nitrogen and oxygen atoms in total. The van der Waals surface area contributed by atoms with Gasteiger partial charge in [-0.25, -0.2) is 4.98 Å². The second-order valence-electron chi connectivity index (χ2n) is 6.15. The molecule has 1 saturated carbocycles. The molecule has 0 atom stereocenters. The van der Waals surface area contributed by atoms with Gasteiger partial charge in [0.2, 0.25) is 5.82 Å². The van der Waals surface area contributed by atoms with Crippen LogP contribution in [0.25, 0.3) is 0 Å². The molecule has 0 bridgehead atoms. The Kier molecular flexibility index (Phi) is 6.52. The average molecular weight is 383 g/mol. The molecule has 0 unspecified atom stereocenters. The third-order valence-electron chi connectivity index (χ3n) is 4.44. The van der Waals surface area contributed by atoms with E-state index in [2.05, 4.69) is 32.4 Å². The lowest BCUT2D eigenvalue weighted by molar-refractivity contribution is 0.143. The van der Waals surface area contributed by atoms with E-state index >= 15 is 0 Å². The van der Waals surface area contributed by atoms with Crippen LogP contribution in [0.3, 0.4) is 0 Å². The van der Waals surface area contributed by atoms with Crippen molar-refractivity contribution in [2.75, 3.05) is 7.11 Å². The lowest BCUT2D eigenvalue weighted by atomic mass is 9.93. The van der Waals surface area contributed by atoms with Crippen molar-refractivity contribution in [1.82, 2.24) is 20.5 Å². The number of ether oxygens (including phenoxy) is 2. The summed E-state index contributed by atoms with van der Waals surface area (Å²) in [6, 6.07) is 7.75. The zero-order valence-electron chi connectivity index (χ0n) is 15.1. The molecule has 1 N–H and O–H groups in total. The molecule has 1 fully saturated rings. The van der Waals surface area contributed by atoms with Gasteiger partial charge in [0.1, 0.15) is 22.6 Å². The number of aromatic nitrogens is 3. The highest BCUT2D eigenvalue weighted by molar-refractivity contribution is 7.96. The monoisotopic (exact) mass is 383 g/mol. The van der Waals surface area contributed by atoms with Gasteiger partial charge in [0.15, 0.2) is 0 Å². The maximum absolute atomic E-state index is 9.07. The minimum Gasteiger partial charge on any atom is -0.495 e. The largest absolute Gasteiger partial charge is 0.495 e. The second-order valence-corrected chi connectivity index (χ2v) is 6.85. The first-order valence-electron chi connectivity index (χ1n) is 8.68. The summed E-state index contributed by atoms with van der Waals surface area (Å²) >= 11 is 0. The molecule has 1 aliphatic carbocycles. The van der Waals surface area contributed by atoms with Gasteiger partial charge in [-0.05, 0) is 43.7 Å². The summed E-state index contributed by atoms with van der Waals surface area (Å²) in [5, 5.41) is 20.4. The average Bonchev–Trinajstić information content (AvgIpc) is 2.73. The van der Waals surface area contributed by atoms with E-state index in [-0.39, 0.29) is 6.10 Å². The van der Waals surface area contributed by atoms with Crippen LogP contribution in [0.1, 0.15) is 37.1 Å². The maximum Gasteiger partial charge on any atom is 0.202 e. The molecule has 1 aromatic carbocycles. The molecule has 0 amide bonds. The summed E-state index contributed by atoms with van der Waals surface area (Å²) in [4.78, 5) is 5.06. The van der Waals surface area contributed by atoms with Crippen LogP contribution in [0.15, 0.2) is 30.6 Å². The highest BCUT2D eigenvalue weighted by Crippen LogP contribution is 2.28. The van der Waals surface area contributed by atoms with E-state index in [1.54, 1.807) is 31.6 Å². The third kappa shape index (κ3) is 4.90. The van der Waals surface area contributed by atoms with Crippen LogP contribution in [0.5, 0.6) is 11.5 Å². The van der Waals surface area contributed by atoms with E-state index in [0.717, 1.165) is 36.4 Å². The second kappa shape index (κ2) is 9.26. The standard InChI is InChI=1S/C19H21N5O2S/c1-25-17-11-16(6-3-13(17)12-20)26-15-7-4-14(5-8-15)23-19(27-2)18-21-9-10-22-24-18/h3,6,9-11,14-15,23H,2,4-5,7-8H2,1H3/t14-,15-. The van der Waals surface area contributed by atoms with Gasteiger partial charge in [0.25, 0.3) is 0 Å². The van der Waals surface area contributed by atoms with Crippen molar-refractivity contribution in [3.05, 3.63) is 42.0 Å². The van der Waals surface area contributed by atoms with Gasteiger partial charge in [-0.1, -0.05) is 0 Å². The zero-order valence-corrected chi connectivity index (χ0v) is 15.9. The van der Waals surface area contributed by atoms with Gasteiger partial charge in [-0.3, -0.25) is 5.32 Å². The minimum absolute atomic E-state index is 0.145. The summed E-state index contributed by atoms with van der Waals surface area (Å²) in [7, 11) is 2.90. The Labute approximate surface area is 161 Å². The highest BCUT2D eigenvalue weighted by atomic mass is 32.1. The van der Waals surface area contributed by atoms with Crippen LogP contribution >= 0.6 is 10.9 Å². The molecule has 140 valence electrons. The predicted octanol–water partition coefficient (Wildman–Crippen LogP) is 2.37. The molecule has 0 spiro atoms. The van der Waals surface area contributed by atoms with E-state index in [9.17, 15) is 0 Å². The van der Waals surface area contributed by atoms with Crippen molar-refractivity contribution in [3.63, 3.8) is 0 Å². The maximum atomic E-state index is 9.07. The van der Waals surface area contributed by atoms with Crippen LogP contribution < -0.4 is 14.8 Å². The van der Waals surface area contributed by atoms with Gasteiger partial charge >= 0.3 is 0 Å². The lowest BCUT2D eigenvalue weighted by Crippen LogP contribution is -2.40. The Morgan fingerprint density at radius 1 is 1.30 bits per heavy atom. The third-order valence-corrected chi connectivity index (χ3v) is 5.02. The van der Waals surface area contributed by atoms with Gasteiger partial charge < -0.3 is 9.47 Å². The van der Waals surface area contributed by atoms with E-state index in [1.807, 2.05) is 6.07 Å². The molecule has 3 rings (SSSR count). The van der Waals surface area contributed by atoms with Crippen molar-refractivity contribution in [2.24, 2.45) is 0 Å². The number of hydrogen-bond donors (Lipinski definition) is 1. The van der Waals surface area contributed by atoms with Crippen LogP contribution in [-0.2, 0) is 0 Å². The molecule has 0 aliphatic heterocycles. The van der Waals surface area contributed by atoms with E-state index in [0.29, 0.717) is 23.2 Å². The number of nitrogens with one attached hydrogen (secondary N) is 1. The van der Waals surface area contributed by atoms with Crippen LogP contribution in [-0.4, -0.2) is 45.3 Å². The summed E-state index contributed by atoms with van der Waals surface area (Å²) in [5.74, 6) is 5.71. The van der Waals surface area contributed by atoms with Gasteiger partial charge in [0.05, 0.1) is 25.0 Å².